The number of anilines is 1. The third-order valence-corrected chi connectivity index (χ3v) is 6.51. The van der Waals surface area contributed by atoms with E-state index >= 15 is 0 Å². The number of hydrogen-bond donors (Lipinski definition) is 1. The average Bonchev–Trinajstić information content (AvgIpc) is 2.98. The van der Waals surface area contributed by atoms with E-state index < -0.39 is 29.9 Å². The number of aryl methyl sites for hydroxylation is 1. The van der Waals surface area contributed by atoms with Crippen molar-refractivity contribution in [3.63, 3.8) is 0 Å². The second-order valence-corrected chi connectivity index (χ2v) is 8.10. The molecular weight excluding hydrogens is 367 g/mol. The highest BCUT2D eigenvalue weighted by atomic mass is 32.1. The van der Waals surface area contributed by atoms with Gasteiger partial charge in [-0.2, -0.15) is 13.2 Å². The number of carbonyl (C=O) groups excluding carboxylic acids is 2. The van der Waals surface area contributed by atoms with Gasteiger partial charge in [-0.1, -0.05) is 6.42 Å². The number of thiophene rings is 1. The molecule has 1 heterocycles. The van der Waals surface area contributed by atoms with Crippen molar-refractivity contribution in [1.82, 2.24) is 0 Å². The molecule has 1 amide bonds. The molecule has 1 N–H and O–H groups in total. The Bertz CT molecular complexity index is 699. The van der Waals surface area contributed by atoms with Crippen LogP contribution in [-0.4, -0.2) is 25.2 Å². The molecule has 0 bridgehead atoms. The lowest BCUT2D eigenvalue weighted by molar-refractivity contribution is -0.185. The first-order chi connectivity index (χ1) is 12.3. The SMILES string of the molecule is COC(=O)c1c(NC(=O)C2CCCC(C(F)(F)F)C2)sc2c1CCCC2. The highest BCUT2D eigenvalue weighted by Crippen LogP contribution is 2.42. The van der Waals surface area contributed by atoms with Crippen LogP contribution in [0.15, 0.2) is 0 Å². The van der Waals surface area contributed by atoms with Gasteiger partial charge in [0.1, 0.15) is 5.00 Å². The van der Waals surface area contributed by atoms with Gasteiger partial charge in [-0.05, 0) is 50.5 Å². The number of esters is 1. The van der Waals surface area contributed by atoms with Gasteiger partial charge in [-0.15, -0.1) is 11.3 Å². The van der Waals surface area contributed by atoms with Crippen molar-refractivity contribution >= 4 is 28.2 Å². The van der Waals surface area contributed by atoms with E-state index in [0.717, 1.165) is 36.1 Å². The molecular formula is C18H22F3NO3S. The second kappa shape index (κ2) is 7.58. The summed E-state index contributed by atoms with van der Waals surface area (Å²) in [7, 11) is 1.29. The van der Waals surface area contributed by atoms with Crippen molar-refractivity contribution in [2.75, 3.05) is 12.4 Å². The lowest BCUT2D eigenvalue weighted by atomic mass is 9.80. The first kappa shape index (κ1) is 19.2. The van der Waals surface area contributed by atoms with Gasteiger partial charge in [0.25, 0.3) is 0 Å². The second-order valence-electron chi connectivity index (χ2n) is 7.00. The molecule has 8 heteroatoms. The first-order valence-corrected chi connectivity index (χ1v) is 9.73. The summed E-state index contributed by atoms with van der Waals surface area (Å²) in [5.41, 5.74) is 1.30. The van der Waals surface area contributed by atoms with Crippen LogP contribution in [0.5, 0.6) is 0 Å². The summed E-state index contributed by atoms with van der Waals surface area (Å²) in [6, 6.07) is 0. The Labute approximate surface area is 154 Å². The molecule has 1 aromatic rings. The van der Waals surface area contributed by atoms with Gasteiger partial charge in [0.05, 0.1) is 18.6 Å². The van der Waals surface area contributed by atoms with Crippen LogP contribution >= 0.6 is 11.3 Å². The van der Waals surface area contributed by atoms with Crippen molar-refractivity contribution in [2.24, 2.45) is 11.8 Å². The van der Waals surface area contributed by atoms with Crippen molar-refractivity contribution in [3.8, 4) is 0 Å². The topological polar surface area (TPSA) is 55.4 Å². The van der Waals surface area contributed by atoms with E-state index in [1.54, 1.807) is 0 Å². The summed E-state index contributed by atoms with van der Waals surface area (Å²) in [6.07, 6.45) is 0.0454. The van der Waals surface area contributed by atoms with E-state index in [1.807, 2.05) is 0 Å². The monoisotopic (exact) mass is 389 g/mol. The number of rotatable bonds is 3. The van der Waals surface area contributed by atoms with Crippen LogP contribution in [0.3, 0.4) is 0 Å². The fourth-order valence-electron chi connectivity index (χ4n) is 3.91. The largest absolute Gasteiger partial charge is 0.465 e. The molecule has 26 heavy (non-hydrogen) atoms. The Hall–Kier alpha value is -1.57. The summed E-state index contributed by atoms with van der Waals surface area (Å²) in [5.74, 6) is -3.04. The highest BCUT2D eigenvalue weighted by molar-refractivity contribution is 7.17. The fraction of sp³-hybridized carbons (Fsp3) is 0.667. The van der Waals surface area contributed by atoms with Crippen LogP contribution in [0, 0.1) is 11.8 Å². The van der Waals surface area contributed by atoms with Gasteiger partial charge in [-0.3, -0.25) is 4.79 Å². The molecule has 2 aliphatic carbocycles. The third-order valence-electron chi connectivity index (χ3n) is 5.31. The van der Waals surface area contributed by atoms with E-state index in [2.05, 4.69) is 5.32 Å². The smallest absolute Gasteiger partial charge is 0.391 e. The number of amides is 1. The van der Waals surface area contributed by atoms with Crippen LogP contribution in [0.2, 0.25) is 0 Å². The molecule has 2 unspecified atom stereocenters. The highest BCUT2D eigenvalue weighted by Gasteiger charge is 2.43. The Morgan fingerprint density at radius 3 is 2.58 bits per heavy atom. The van der Waals surface area contributed by atoms with Gasteiger partial charge >= 0.3 is 12.1 Å². The van der Waals surface area contributed by atoms with Gasteiger partial charge in [0, 0.05) is 10.8 Å². The molecule has 144 valence electrons. The third kappa shape index (κ3) is 3.89. The number of hydrogen-bond acceptors (Lipinski definition) is 4. The Morgan fingerprint density at radius 1 is 1.15 bits per heavy atom. The number of nitrogens with one attached hydrogen (secondary N) is 1. The van der Waals surface area contributed by atoms with E-state index in [9.17, 15) is 22.8 Å². The van der Waals surface area contributed by atoms with E-state index in [-0.39, 0.29) is 12.8 Å². The number of alkyl halides is 3. The molecule has 0 aromatic carbocycles. The zero-order chi connectivity index (χ0) is 18.9. The molecule has 1 aromatic heterocycles. The van der Waals surface area contributed by atoms with Crippen molar-refractivity contribution in [3.05, 3.63) is 16.0 Å². The summed E-state index contributed by atoms with van der Waals surface area (Å²) in [6.45, 7) is 0. The Kier molecular flexibility index (Phi) is 5.60. The molecule has 1 fully saturated rings. The summed E-state index contributed by atoms with van der Waals surface area (Å²) in [4.78, 5) is 25.8. The molecule has 3 rings (SSSR count). The molecule has 0 aliphatic heterocycles. The van der Waals surface area contributed by atoms with Crippen LogP contribution in [0.25, 0.3) is 0 Å². The lowest BCUT2D eigenvalue weighted by Gasteiger charge is -2.29. The number of halogens is 3. The molecule has 2 aliphatic rings. The minimum Gasteiger partial charge on any atom is -0.465 e. The van der Waals surface area contributed by atoms with Gasteiger partial charge in [0.2, 0.25) is 5.91 Å². The summed E-state index contributed by atoms with van der Waals surface area (Å²) >= 11 is 1.35. The standard InChI is InChI=1S/C18H22F3NO3S/c1-25-17(24)14-12-7-2-3-8-13(12)26-16(14)22-15(23)10-5-4-6-11(9-10)18(19,20)21/h10-11H,2-9H2,1H3,(H,22,23). The molecule has 0 spiro atoms. The first-order valence-electron chi connectivity index (χ1n) is 8.91. The number of ether oxygens (including phenoxy) is 1. The zero-order valence-electron chi connectivity index (χ0n) is 14.6. The molecule has 0 radical (unpaired) electrons. The molecule has 1 saturated carbocycles. The molecule has 4 nitrogen and oxygen atoms in total. The zero-order valence-corrected chi connectivity index (χ0v) is 15.4. The van der Waals surface area contributed by atoms with E-state index in [1.165, 1.54) is 18.4 Å². The number of fused-ring (bicyclic) bond motifs is 1. The maximum absolute atomic E-state index is 13.0. The maximum atomic E-state index is 13.0. The average molecular weight is 389 g/mol. The van der Waals surface area contributed by atoms with Crippen molar-refractivity contribution in [2.45, 2.75) is 57.5 Å². The predicted octanol–water partition coefficient (Wildman–Crippen LogP) is 4.72. The normalized spacial score (nSPS) is 23.2. The van der Waals surface area contributed by atoms with Gasteiger partial charge in [0.15, 0.2) is 0 Å². The minimum atomic E-state index is -4.27. The summed E-state index contributed by atoms with van der Waals surface area (Å²) in [5, 5.41) is 3.16. The van der Waals surface area contributed by atoms with Crippen molar-refractivity contribution in [1.29, 1.82) is 0 Å². The minimum absolute atomic E-state index is 0.0774. The predicted molar refractivity (Wildman–Crippen MR) is 92.4 cm³/mol. The number of carbonyl (C=O) groups is 2. The quantitative estimate of drug-likeness (QED) is 0.761. The van der Waals surface area contributed by atoms with Crippen molar-refractivity contribution < 1.29 is 27.5 Å². The van der Waals surface area contributed by atoms with E-state index in [0.29, 0.717) is 23.4 Å². The fourth-order valence-corrected chi connectivity index (χ4v) is 5.19. The molecule has 0 saturated heterocycles. The molecule has 2 atom stereocenters. The van der Waals surface area contributed by atoms with Crippen LogP contribution < -0.4 is 5.32 Å². The Morgan fingerprint density at radius 2 is 1.88 bits per heavy atom. The maximum Gasteiger partial charge on any atom is 0.391 e. The van der Waals surface area contributed by atoms with Gasteiger partial charge < -0.3 is 10.1 Å². The van der Waals surface area contributed by atoms with Crippen LogP contribution in [0.1, 0.15) is 59.3 Å². The van der Waals surface area contributed by atoms with Crippen LogP contribution in [0.4, 0.5) is 18.2 Å². The lowest BCUT2D eigenvalue weighted by Crippen LogP contribution is -2.34. The van der Waals surface area contributed by atoms with E-state index in [4.69, 9.17) is 4.74 Å². The number of methoxy groups -OCH3 is 1. The van der Waals surface area contributed by atoms with Gasteiger partial charge in [-0.25, -0.2) is 4.79 Å². The summed E-state index contributed by atoms with van der Waals surface area (Å²) < 4.78 is 43.8. The Balaban J connectivity index is 1.79. The van der Waals surface area contributed by atoms with Crippen LogP contribution in [-0.2, 0) is 22.4 Å².